The van der Waals surface area contributed by atoms with Crippen LogP contribution >= 0.6 is 0 Å². The summed E-state index contributed by atoms with van der Waals surface area (Å²) in [6, 6.07) is 27.0. The molecular weight excluding hydrogens is 360 g/mol. The number of hydrogen-bond donors (Lipinski definition) is 0. The van der Waals surface area contributed by atoms with E-state index in [9.17, 15) is 0 Å². The number of furan rings is 1. The molecule has 1 aromatic heterocycles. The lowest BCUT2D eigenvalue weighted by Gasteiger charge is -2.19. The molecular formula is C26H24O3. The van der Waals surface area contributed by atoms with Crippen molar-refractivity contribution >= 4 is 0 Å². The van der Waals surface area contributed by atoms with Gasteiger partial charge in [0.2, 0.25) is 0 Å². The van der Waals surface area contributed by atoms with Crippen molar-refractivity contribution in [2.75, 3.05) is 14.2 Å². The minimum absolute atomic E-state index is 0.0595. The minimum atomic E-state index is 0.0595. The number of benzene rings is 3. The summed E-state index contributed by atoms with van der Waals surface area (Å²) in [6.07, 6.45) is 4.56. The Balaban J connectivity index is 1.77. The van der Waals surface area contributed by atoms with Crippen molar-refractivity contribution in [3.63, 3.8) is 0 Å². The maximum atomic E-state index is 5.68. The molecule has 0 saturated heterocycles. The van der Waals surface area contributed by atoms with Gasteiger partial charge in [0.15, 0.2) is 0 Å². The fraction of sp³-hybridized carbons (Fsp3) is 0.154. The fourth-order valence-corrected chi connectivity index (χ4v) is 3.69. The Morgan fingerprint density at radius 3 is 1.76 bits per heavy atom. The molecule has 0 bridgehead atoms. The highest BCUT2D eigenvalue weighted by Gasteiger charge is 2.22. The normalized spacial score (nSPS) is 10.9. The zero-order valence-electron chi connectivity index (χ0n) is 16.7. The molecule has 3 aromatic carbocycles. The van der Waals surface area contributed by atoms with Crippen molar-refractivity contribution in [3.8, 4) is 11.5 Å². The number of hydrogen-bond acceptors (Lipinski definition) is 3. The third-order valence-corrected chi connectivity index (χ3v) is 5.22. The van der Waals surface area contributed by atoms with E-state index in [1.54, 1.807) is 14.2 Å². The van der Waals surface area contributed by atoms with Gasteiger partial charge in [-0.25, -0.2) is 0 Å². The molecule has 146 valence electrons. The lowest BCUT2D eigenvalue weighted by atomic mass is 9.83. The van der Waals surface area contributed by atoms with Crippen LogP contribution in [0.5, 0.6) is 11.5 Å². The van der Waals surface area contributed by atoms with Crippen LogP contribution in [-0.2, 0) is 6.42 Å². The predicted molar refractivity (Wildman–Crippen MR) is 115 cm³/mol. The molecule has 0 atom stereocenters. The molecule has 0 unspecified atom stereocenters. The molecule has 4 aromatic rings. The van der Waals surface area contributed by atoms with Gasteiger partial charge in [-0.1, -0.05) is 54.6 Å². The van der Waals surface area contributed by atoms with E-state index in [1.165, 1.54) is 27.8 Å². The van der Waals surface area contributed by atoms with E-state index in [2.05, 4.69) is 48.5 Å². The predicted octanol–water partition coefficient (Wildman–Crippen LogP) is 6.07. The van der Waals surface area contributed by atoms with Crippen LogP contribution in [0.25, 0.3) is 0 Å². The van der Waals surface area contributed by atoms with Crippen molar-refractivity contribution in [1.82, 2.24) is 0 Å². The van der Waals surface area contributed by atoms with E-state index in [-0.39, 0.29) is 5.92 Å². The van der Waals surface area contributed by atoms with E-state index < -0.39 is 0 Å². The van der Waals surface area contributed by atoms with Gasteiger partial charge < -0.3 is 13.9 Å². The third-order valence-electron chi connectivity index (χ3n) is 5.22. The molecule has 0 aliphatic rings. The third kappa shape index (κ3) is 4.19. The second-order valence-corrected chi connectivity index (χ2v) is 6.99. The standard InChI is InChI=1S/C26H24O3/c1-27-23-12-8-20(9-13-23)26(21-10-14-24(28-2)15-11-21)25-18-29-17-22(25)16-19-6-4-3-5-7-19/h3-15,17-18,26H,16H2,1-2H3. The molecule has 0 fully saturated rings. The molecule has 3 heteroatoms. The molecule has 0 spiro atoms. The summed E-state index contributed by atoms with van der Waals surface area (Å²) < 4.78 is 16.4. The number of rotatable bonds is 7. The number of methoxy groups -OCH3 is 2. The summed E-state index contributed by atoms with van der Waals surface area (Å²) in [4.78, 5) is 0. The van der Waals surface area contributed by atoms with Crippen LogP contribution < -0.4 is 9.47 Å². The Morgan fingerprint density at radius 1 is 0.690 bits per heavy atom. The van der Waals surface area contributed by atoms with Gasteiger partial charge in [0.25, 0.3) is 0 Å². The van der Waals surface area contributed by atoms with Gasteiger partial charge in [-0.2, -0.15) is 0 Å². The molecule has 29 heavy (non-hydrogen) atoms. The lowest BCUT2D eigenvalue weighted by Crippen LogP contribution is -2.05. The fourth-order valence-electron chi connectivity index (χ4n) is 3.69. The Bertz CT molecular complexity index is 984. The van der Waals surface area contributed by atoms with E-state index in [0.29, 0.717) is 0 Å². The zero-order chi connectivity index (χ0) is 20.1. The van der Waals surface area contributed by atoms with Gasteiger partial charge in [0.05, 0.1) is 26.7 Å². The van der Waals surface area contributed by atoms with Crippen molar-refractivity contribution in [3.05, 3.63) is 119 Å². The molecule has 0 radical (unpaired) electrons. The monoisotopic (exact) mass is 384 g/mol. The maximum Gasteiger partial charge on any atom is 0.118 e. The second-order valence-electron chi connectivity index (χ2n) is 6.99. The Hall–Kier alpha value is -3.46. The van der Waals surface area contributed by atoms with Crippen LogP contribution in [0.2, 0.25) is 0 Å². The molecule has 0 N–H and O–H groups in total. The van der Waals surface area contributed by atoms with Gasteiger partial charge in [-0.05, 0) is 46.5 Å². The van der Waals surface area contributed by atoms with Crippen LogP contribution in [0.15, 0.2) is 95.8 Å². The summed E-state index contributed by atoms with van der Waals surface area (Å²) in [7, 11) is 3.37. The van der Waals surface area contributed by atoms with E-state index in [0.717, 1.165) is 17.9 Å². The number of ether oxygens (including phenoxy) is 2. The average Bonchev–Trinajstić information content (AvgIpc) is 3.23. The van der Waals surface area contributed by atoms with Gasteiger partial charge in [-0.3, -0.25) is 0 Å². The quantitative estimate of drug-likeness (QED) is 0.388. The van der Waals surface area contributed by atoms with Gasteiger partial charge in [-0.15, -0.1) is 0 Å². The SMILES string of the molecule is COc1ccc(C(c2ccc(OC)cc2)c2cocc2Cc2ccccc2)cc1. The van der Waals surface area contributed by atoms with Crippen LogP contribution in [0.3, 0.4) is 0 Å². The van der Waals surface area contributed by atoms with Crippen molar-refractivity contribution in [1.29, 1.82) is 0 Å². The maximum absolute atomic E-state index is 5.68. The topological polar surface area (TPSA) is 31.6 Å². The van der Waals surface area contributed by atoms with Crippen LogP contribution in [0.1, 0.15) is 33.7 Å². The van der Waals surface area contributed by atoms with Crippen molar-refractivity contribution in [2.45, 2.75) is 12.3 Å². The highest BCUT2D eigenvalue weighted by molar-refractivity contribution is 5.48. The summed E-state index contributed by atoms with van der Waals surface area (Å²) in [5, 5.41) is 0. The molecule has 4 rings (SSSR count). The van der Waals surface area contributed by atoms with Gasteiger partial charge in [0.1, 0.15) is 11.5 Å². The van der Waals surface area contributed by atoms with E-state index >= 15 is 0 Å². The summed E-state index contributed by atoms with van der Waals surface area (Å²) >= 11 is 0. The highest BCUT2D eigenvalue weighted by Crippen LogP contribution is 2.36. The van der Waals surface area contributed by atoms with Crippen molar-refractivity contribution < 1.29 is 13.9 Å². The Morgan fingerprint density at radius 2 is 1.24 bits per heavy atom. The molecule has 0 amide bonds. The van der Waals surface area contributed by atoms with Crippen molar-refractivity contribution in [2.24, 2.45) is 0 Å². The van der Waals surface area contributed by atoms with Crippen LogP contribution in [0.4, 0.5) is 0 Å². The van der Waals surface area contributed by atoms with Gasteiger partial charge in [0, 0.05) is 17.9 Å². The van der Waals surface area contributed by atoms with E-state index in [1.807, 2.05) is 42.9 Å². The molecule has 0 aliphatic carbocycles. The average molecular weight is 384 g/mol. The summed E-state index contributed by atoms with van der Waals surface area (Å²) in [5.41, 5.74) is 5.99. The van der Waals surface area contributed by atoms with Crippen LogP contribution in [0, 0.1) is 0 Å². The van der Waals surface area contributed by atoms with Gasteiger partial charge >= 0.3 is 0 Å². The lowest BCUT2D eigenvalue weighted by molar-refractivity contribution is 0.414. The van der Waals surface area contributed by atoms with E-state index in [4.69, 9.17) is 13.9 Å². The Labute approximate surface area is 171 Å². The molecule has 3 nitrogen and oxygen atoms in total. The first-order chi connectivity index (χ1) is 14.3. The van der Waals surface area contributed by atoms with Crippen LogP contribution in [-0.4, -0.2) is 14.2 Å². The smallest absolute Gasteiger partial charge is 0.118 e. The summed E-state index contributed by atoms with van der Waals surface area (Å²) in [5.74, 6) is 1.75. The highest BCUT2D eigenvalue weighted by atomic mass is 16.5. The first kappa shape index (κ1) is 18.9. The first-order valence-electron chi connectivity index (χ1n) is 9.65. The minimum Gasteiger partial charge on any atom is -0.497 e. The Kier molecular flexibility index (Phi) is 5.66. The second kappa shape index (κ2) is 8.70. The summed E-state index contributed by atoms with van der Waals surface area (Å²) in [6.45, 7) is 0. The molecule has 0 saturated carbocycles. The first-order valence-corrected chi connectivity index (χ1v) is 9.65. The molecule has 1 heterocycles. The largest absolute Gasteiger partial charge is 0.497 e. The zero-order valence-corrected chi connectivity index (χ0v) is 16.7. The molecule has 0 aliphatic heterocycles.